The van der Waals surface area contributed by atoms with E-state index in [4.69, 9.17) is 10.8 Å². The van der Waals surface area contributed by atoms with Crippen LogP contribution in [0.4, 0.5) is 0 Å². The van der Waals surface area contributed by atoms with E-state index in [2.05, 4.69) is 12.6 Å². The van der Waals surface area contributed by atoms with E-state index in [0.29, 0.717) is 12.8 Å². The average Bonchev–Trinajstić information content (AvgIpc) is 1.85. The largest absolute Gasteiger partial charge is 0.396 e. The highest BCUT2D eigenvalue weighted by atomic mass is 32.1. The van der Waals surface area contributed by atoms with Crippen molar-refractivity contribution in [3.05, 3.63) is 0 Å². The van der Waals surface area contributed by atoms with Crippen LogP contribution in [-0.2, 0) is 4.79 Å². The molecule has 0 aliphatic heterocycles. The Balaban J connectivity index is 3.21. The molecule has 0 aromatic rings. The van der Waals surface area contributed by atoms with Gasteiger partial charge in [-0.3, -0.25) is 10.5 Å². The predicted octanol–water partition coefficient (Wildman–Crippen LogP) is 0.257. The van der Waals surface area contributed by atoms with Crippen LogP contribution in [0.3, 0.4) is 0 Å². The minimum Gasteiger partial charge on any atom is -0.396 e. The number of rotatable bonds is 5. The highest BCUT2D eigenvalue weighted by Gasteiger charge is 2.03. The van der Waals surface area contributed by atoms with Crippen molar-refractivity contribution in [2.75, 3.05) is 6.61 Å². The number of thiol groups is 1. The molecular weight excluding hydrogens is 150 g/mol. The van der Waals surface area contributed by atoms with Crippen LogP contribution in [0.2, 0.25) is 0 Å². The first-order valence-electron chi connectivity index (χ1n) is 3.20. The predicted molar refractivity (Wildman–Crippen MR) is 41.8 cm³/mol. The molecule has 1 atom stereocenters. The topological polar surface area (TPSA) is 61.1 Å². The maximum absolute atomic E-state index is 10.1. The average molecular weight is 162 g/mol. The van der Waals surface area contributed by atoms with Gasteiger partial charge in [0.25, 0.3) is 0 Å². The molecule has 0 spiro atoms. The van der Waals surface area contributed by atoms with Crippen LogP contribution >= 0.6 is 12.6 Å². The molecule has 59 valence electrons. The number of aliphatic hydroxyl groups excluding tert-OH is 1. The van der Waals surface area contributed by atoms with Crippen LogP contribution in [-0.4, -0.2) is 22.9 Å². The zero-order valence-corrected chi connectivity index (χ0v) is 6.60. The number of carbonyl (C=O) groups excluding carboxylic acids is 1. The lowest BCUT2D eigenvalue weighted by Gasteiger charge is -2.04. The minimum atomic E-state index is -0.558. The molecule has 0 aliphatic carbocycles. The van der Waals surface area contributed by atoms with Crippen molar-refractivity contribution in [3.8, 4) is 0 Å². The summed E-state index contributed by atoms with van der Waals surface area (Å²) in [5, 5.41) is 8.48. The standard InChI is InChI=1S/C6H12NO2S/c7-6(9)2-1-5(10)3-4-8/h5,7-8,10H,1-4H2. The van der Waals surface area contributed by atoms with Gasteiger partial charge in [0.1, 0.15) is 0 Å². The zero-order chi connectivity index (χ0) is 7.98. The molecule has 0 aliphatic rings. The van der Waals surface area contributed by atoms with Crippen LogP contribution in [0.15, 0.2) is 0 Å². The molecule has 0 aromatic carbocycles. The Bertz CT molecular complexity index is 108. The quantitative estimate of drug-likeness (QED) is 0.569. The third-order valence-electron chi connectivity index (χ3n) is 1.17. The van der Waals surface area contributed by atoms with Gasteiger partial charge in [-0.25, -0.2) is 0 Å². The minimum absolute atomic E-state index is 0.0549. The van der Waals surface area contributed by atoms with Gasteiger partial charge in [0.05, 0.1) is 0 Å². The smallest absolute Gasteiger partial charge is 0.238 e. The van der Waals surface area contributed by atoms with Gasteiger partial charge in [-0.05, 0) is 12.8 Å². The summed E-state index contributed by atoms with van der Waals surface area (Å²) in [7, 11) is 0. The van der Waals surface area contributed by atoms with Crippen LogP contribution < -0.4 is 5.73 Å². The van der Waals surface area contributed by atoms with E-state index in [1.165, 1.54) is 0 Å². The molecule has 0 saturated carbocycles. The Morgan fingerprint density at radius 1 is 1.60 bits per heavy atom. The van der Waals surface area contributed by atoms with Gasteiger partial charge in [-0.2, -0.15) is 12.6 Å². The van der Waals surface area contributed by atoms with E-state index in [9.17, 15) is 4.79 Å². The van der Waals surface area contributed by atoms with Gasteiger partial charge in [0.15, 0.2) is 0 Å². The van der Waals surface area contributed by atoms with Crippen molar-refractivity contribution in [3.63, 3.8) is 0 Å². The summed E-state index contributed by atoms with van der Waals surface area (Å²) >= 11 is 4.09. The van der Waals surface area contributed by atoms with E-state index in [1.54, 1.807) is 0 Å². The molecule has 0 saturated heterocycles. The second-order valence-electron chi connectivity index (χ2n) is 2.13. The van der Waals surface area contributed by atoms with Crippen molar-refractivity contribution in [2.45, 2.75) is 24.5 Å². The summed E-state index contributed by atoms with van der Waals surface area (Å²) in [6.45, 7) is 0.0976. The Morgan fingerprint density at radius 2 is 2.20 bits per heavy atom. The van der Waals surface area contributed by atoms with Crippen LogP contribution in [0, 0.1) is 0 Å². The van der Waals surface area contributed by atoms with Crippen LogP contribution in [0.1, 0.15) is 19.3 Å². The fraction of sp³-hybridized carbons (Fsp3) is 0.833. The Hall–Kier alpha value is -0.220. The molecule has 1 radical (unpaired) electrons. The number of aliphatic hydroxyl groups is 1. The summed E-state index contributed by atoms with van der Waals surface area (Å²) in [5.41, 5.74) is 6.57. The second-order valence-corrected chi connectivity index (χ2v) is 2.86. The third kappa shape index (κ3) is 5.91. The first-order valence-corrected chi connectivity index (χ1v) is 3.71. The highest BCUT2D eigenvalue weighted by molar-refractivity contribution is 7.80. The van der Waals surface area contributed by atoms with Gasteiger partial charge in [-0.1, -0.05) is 0 Å². The molecule has 2 N–H and O–H groups in total. The van der Waals surface area contributed by atoms with Crippen molar-refractivity contribution < 1.29 is 9.90 Å². The molecule has 1 amide bonds. The van der Waals surface area contributed by atoms with Crippen LogP contribution in [0.5, 0.6) is 0 Å². The van der Waals surface area contributed by atoms with E-state index >= 15 is 0 Å². The zero-order valence-electron chi connectivity index (χ0n) is 5.71. The highest BCUT2D eigenvalue weighted by Crippen LogP contribution is 2.07. The molecule has 10 heavy (non-hydrogen) atoms. The number of carbonyl (C=O) groups is 1. The summed E-state index contributed by atoms with van der Waals surface area (Å²) in [6, 6.07) is 0. The molecule has 0 rings (SSSR count). The lowest BCUT2D eigenvalue weighted by Crippen LogP contribution is -2.06. The molecule has 4 heteroatoms. The van der Waals surface area contributed by atoms with E-state index in [-0.39, 0.29) is 18.3 Å². The number of hydrogen-bond donors (Lipinski definition) is 2. The summed E-state index contributed by atoms with van der Waals surface area (Å²) in [4.78, 5) is 10.1. The summed E-state index contributed by atoms with van der Waals surface area (Å²) in [5.74, 6) is -0.558. The van der Waals surface area contributed by atoms with Crippen molar-refractivity contribution >= 4 is 18.5 Å². The Morgan fingerprint density at radius 3 is 2.60 bits per heavy atom. The first kappa shape index (κ1) is 9.78. The maximum Gasteiger partial charge on any atom is 0.238 e. The molecular formula is C6H12NO2S. The van der Waals surface area contributed by atoms with Gasteiger partial charge in [0, 0.05) is 18.3 Å². The first-order chi connectivity index (χ1) is 4.66. The lowest BCUT2D eigenvalue weighted by atomic mass is 10.2. The summed E-state index contributed by atoms with van der Waals surface area (Å²) in [6.07, 6.45) is 1.43. The maximum atomic E-state index is 10.1. The van der Waals surface area contributed by atoms with Crippen molar-refractivity contribution in [2.24, 2.45) is 0 Å². The van der Waals surface area contributed by atoms with Gasteiger partial charge < -0.3 is 5.11 Å². The molecule has 0 heterocycles. The van der Waals surface area contributed by atoms with Gasteiger partial charge >= 0.3 is 0 Å². The molecule has 3 nitrogen and oxygen atoms in total. The monoisotopic (exact) mass is 162 g/mol. The summed E-state index contributed by atoms with van der Waals surface area (Å²) < 4.78 is 0. The second kappa shape index (κ2) is 5.56. The molecule has 0 bridgehead atoms. The van der Waals surface area contributed by atoms with Crippen molar-refractivity contribution in [1.82, 2.24) is 5.73 Å². The number of nitrogens with one attached hydrogen (secondary N) is 1. The van der Waals surface area contributed by atoms with Gasteiger partial charge in [-0.15, -0.1) is 0 Å². The fourth-order valence-electron chi connectivity index (χ4n) is 0.591. The Kier molecular flexibility index (Phi) is 5.43. The van der Waals surface area contributed by atoms with Crippen molar-refractivity contribution in [1.29, 1.82) is 0 Å². The molecule has 1 unspecified atom stereocenters. The third-order valence-corrected chi connectivity index (χ3v) is 1.68. The fourth-order valence-corrected chi connectivity index (χ4v) is 0.836. The SMILES string of the molecule is [NH]C(=O)CCC(S)CCO. The lowest BCUT2D eigenvalue weighted by molar-refractivity contribution is -0.118. The van der Waals surface area contributed by atoms with E-state index in [0.717, 1.165) is 0 Å². The number of hydrogen-bond acceptors (Lipinski definition) is 3. The number of amides is 1. The van der Waals surface area contributed by atoms with Gasteiger partial charge in [0.2, 0.25) is 5.91 Å². The Labute approximate surface area is 66.0 Å². The normalized spacial score (nSPS) is 13.0. The van der Waals surface area contributed by atoms with Crippen LogP contribution in [0.25, 0.3) is 0 Å². The van der Waals surface area contributed by atoms with E-state index in [1.807, 2.05) is 0 Å². The van der Waals surface area contributed by atoms with E-state index < -0.39 is 5.91 Å². The molecule has 0 fully saturated rings. The molecule has 0 aromatic heterocycles.